The highest BCUT2D eigenvalue weighted by atomic mass is 32.2. The molecule has 0 aliphatic rings. The first kappa shape index (κ1) is 14.5. The lowest BCUT2D eigenvalue weighted by Crippen LogP contribution is -2.02. The molecule has 106 valence electrons. The number of methoxy groups -OCH3 is 1. The Morgan fingerprint density at radius 2 is 1.90 bits per heavy atom. The predicted molar refractivity (Wildman–Crippen MR) is 69.4 cm³/mol. The van der Waals surface area contributed by atoms with E-state index in [0.717, 1.165) is 0 Å². The molecule has 0 aromatic heterocycles. The number of fused-ring (bicyclic) bond motifs is 1. The summed E-state index contributed by atoms with van der Waals surface area (Å²) in [5, 5.41) is 9.52. The standard InChI is InChI=1S/C13H9F3O3S/c1-19-10-6-5-7-8(11(10)20-13(14,15)16)3-2-4-9(7)12(17)18/h2-6H,1H3,(H,17,18). The SMILES string of the molecule is COc1ccc2c(C(=O)O)cccc2c1SC(F)(F)F. The average Bonchev–Trinajstić information content (AvgIpc) is 2.36. The van der Waals surface area contributed by atoms with Crippen LogP contribution in [0.25, 0.3) is 10.8 Å². The Morgan fingerprint density at radius 1 is 1.20 bits per heavy atom. The molecule has 3 nitrogen and oxygen atoms in total. The minimum atomic E-state index is -4.49. The average molecular weight is 302 g/mol. The van der Waals surface area contributed by atoms with Crippen LogP contribution in [0.5, 0.6) is 5.75 Å². The summed E-state index contributed by atoms with van der Waals surface area (Å²) in [6.07, 6.45) is 0. The zero-order valence-corrected chi connectivity index (χ0v) is 11.0. The van der Waals surface area contributed by atoms with Crippen LogP contribution in [-0.2, 0) is 0 Å². The number of ether oxygens (including phenoxy) is 1. The number of carboxylic acids is 1. The van der Waals surface area contributed by atoms with Crippen LogP contribution in [0.4, 0.5) is 13.2 Å². The maximum absolute atomic E-state index is 12.6. The number of alkyl halides is 3. The van der Waals surface area contributed by atoms with Crippen molar-refractivity contribution in [2.75, 3.05) is 7.11 Å². The van der Waals surface area contributed by atoms with E-state index in [9.17, 15) is 18.0 Å². The van der Waals surface area contributed by atoms with Crippen molar-refractivity contribution in [2.24, 2.45) is 0 Å². The van der Waals surface area contributed by atoms with Gasteiger partial charge in [-0.1, -0.05) is 12.1 Å². The first-order chi connectivity index (χ1) is 9.33. The zero-order valence-electron chi connectivity index (χ0n) is 10.2. The molecular weight excluding hydrogens is 293 g/mol. The smallest absolute Gasteiger partial charge is 0.446 e. The fraction of sp³-hybridized carbons (Fsp3) is 0.154. The number of benzene rings is 2. The van der Waals surface area contributed by atoms with Gasteiger partial charge in [-0.25, -0.2) is 4.79 Å². The summed E-state index contributed by atoms with van der Waals surface area (Å²) >= 11 is -0.316. The molecule has 0 atom stereocenters. The van der Waals surface area contributed by atoms with Gasteiger partial charge < -0.3 is 9.84 Å². The maximum atomic E-state index is 12.6. The third-order valence-electron chi connectivity index (χ3n) is 2.64. The van der Waals surface area contributed by atoms with Crippen molar-refractivity contribution in [3.05, 3.63) is 35.9 Å². The Morgan fingerprint density at radius 3 is 2.45 bits per heavy atom. The Hall–Kier alpha value is -1.89. The van der Waals surface area contributed by atoms with Crippen LogP contribution >= 0.6 is 11.8 Å². The molecule has 2 aromatic carbocycles. The first-order valence-electron chi connectivity index (χ1n) is 5.42. The second-order valence-electron chi connectivity index (χ2n) is 3.85. The van der Waals surface area contributed by atoms with Crippen molar-refractivity contribution in [3.8, 4) is 5.75 Å². The van der Waals surface area contributed by atoms with Gasteiger partial charge in [-0.3, -0.25) is 0 Å². The largest absolute Gasteiger partial charge is 0.496 e. The van der Waals surface area contributed by atoms with E-state index in [2.05, 4.69) is 0 Å². The van der Waals surface area contributed by atoms with E-state index < -0.39 is 11.5 Å². The molecule has 0 aliphatic carbocycles. The number of carboxylic acid groups (broad SMARTS) is 1. The molecule has 0 saturated heterocycles. The van der Waals surface area contributed by atoms with Crippen LogP contribution in [0.3, 0.4) is 0 Å². The molecule has 0 aliphatic heterocycles. The quantitative estimate of drug-likeness (QED) is 0.865. The summed E-state index contributed by atoms with van der Waals surface area (Å²) < 4.78 is 42.8. The lowest BCUT2D eigenvalue weighted by atomic mass is 10.0. The summed E-state index contributed by atoms with van der Waals surface area (Å²) in [6.45, 7) is 0. The van der Waals surface area contributed by atoms with Crippen LogP contribution in [-0.4, -0.2) is 23.7 Å². The van der Waals surface area contributed by atoms with Gasteiger partial charge in [0.2, 0.25) is 0 Å². The summed E-state index contributed by atoms with van der Waals surface area (Å²) in [6, 6.07) is 6.98. The molecule has 0 fully saturated rings. The number of carbonyl (C=O) groups is 1. The van der Waals surface area contributed by atoms with Crippen molar-refractivity contribution >= 4 is 28.5 Å². The lowest BCUT2D eigenvalue weighted by Gasteiger charge is -2.14. The number of hydrogen-bond donors (Lipinski definition) is 1. The Kier molecular flexibility index (Phi) is 3.80. The minimum Gasteiger partial charge on any atom is -0.496 e. The van der Waals surface area contributed by atoms with Gasteiger partial charge in [-0.15, -0.1) is 0 Å². The van der Waals surface area contributed by atoms with Gasteiger partial charge >= 0.3 is 11.5 Å². The second kappa shape index (κ2) is 5.24. The van der Waals surface area contributed by atoms with Crippen molar-refractivity contribution in [1.29, 1.82) is 0 Å². The fourth-order valence-electron chi connectivity index (χ4n) is 1.88. The van der Waals surface area contributed by atoms with Gasteiger partial charge in [0.25, 0.3) is 0 Å². The zero-order chi connectivity index (χ0) is 14.9. The van der Waals surface area contributed by atoms with Gasteiger partial charge in [0.1, 0.15) is 5.75 Å². The van der Waals surface area contributed by atoms with Crippen LogP contribution in [0.1, 0.15) is 10.4 Å². The van der Waals surface area contributed by atoms with E-state index in [-0.39, 0.29) is 38.7 Å². The van der Waals surface area contributed by atoms with E-state index >= 15 is 0 Å². The molecule has 0 saturated carbocycles. The number of hydrogen-bond acceptors (Lipinski definition) is 3. The number of thioether (sulfide) groups is 1. The molecule has 0 bridgehead atoms. The summed E-state index contributed by atoms with van der Waals surface area (Å²) in [4.78, 5) is 11.0. The molecular formula is C13H9F3O3S. The molecule has 0 radical (unpaired) electrons. The van der Waals surface area contributed by atoms with Gasteiger partial charge in [0, 0.05) is 5.39 Å². The highest BCUT2D eigenvalue weighted by Gasteiger charge is 2.32. The fourth-order valence-corrected chi connectivity index (χ4v) is 2.65. The van der Waals surface area contributed by atoms with E-state index in [1.807, 2.05) is 0 Å². The maximum Gasteiger partial charge on any atom is 0.446 e. The van der Waals surface area contributed by atoms with Gasteiger partial charge in [0.05, 0.1) is 17.6 Å². The van der Waals surface area contributed by atoms with E-state index in [1.54, 1.807) is 0 Å². The minimum absolute atomic E-state index is 0.0471. The Bertz CT molecular complexity index is 668. The first-order valence-corrected chi connectivity index (χ1v) is 6.24. The van der Waals surface area contributed by atoms with Gasteiger partial charge in [0.15, 0.2) is 0 Å². The summed E-state index contributed by atoms with van der Waals surface area (Å²) in [5.41, 5.74) is -4.53. The third-order valence-corrected chi connectivity index (χ3v) is 3.50. The predicted octanol–water partition coefficient (Wildman–Crippen LogP) is 4.16. The van der Waals surface area contributed by atoms with Gasteiger partial charge in [-0.2, -0.15) is 13.2 Å². The second-order valence-corrected chi connectivity index (χ2v) is 4.93. The molecule has 0 heterocycles. The van der Waals surface area contributed by atoms with E-state index in [1.165, 1.54) is 37.4 Å². The normalized spacial score (nSPS) is 11.6. The number of aromatic carboxylic acids is 1. The highest BCUT2D eigenvalue weighted by Crippen LogP contribution is 2.45. The third kappa shape index (κ3) is 2.82. The van der Waals surface area contributed by atoms with Crippen LogP contribution in [0.15, 0.2) is 35.2 Å². The van der Waals surface area contributed by atoms with E-state index in [0.29, 0.717) is 0 Å². The Labute approximate surface area is 116 Å². The lowest BCUT2D eigenvalue weighted by molar-refractivity contribution is -0.0328. The van der Waals surface area contributed by atoms with Crippen LogP contribution < -0.4 is 4.74 Å². The van der Waals surface area contributed by atoms with Crippen LogP contribution in [0, 0.1) is 0 Å². The molecule has 2 aromatic rings. The van der Waals surface area contributed by atoms with Crippen molar-refractivity contribution in [2.45, 2.75) is 10.4 Å². The molecule has 0 unspecified atom stereocenters. The van der Waals surface area contributed by atoms with Gasteiger partial charge in [-0.05, 0) is 35.3 Å². The van der Waals surface area contributed by atoms with E-state index in [4.69, 9.17) is 9.84 Å². The van der Waals surface area contributed by atoms with Crippen LogP contribution in [0.2, 0.25) is 0 Å². The monoisotopic (exact) mass is 302 g/mol. The highest BCUT2D eigenvalue weighted by molar-refractivity contribution is 8.00. The van der Waals surface area contributed by atoms with Crippen molar-refractivity contribution < 1.29 is 27.8 Å². The topological polar surface area (TPSA) is 46.5 Å². The molecule has 1 N–H and O–H groups in total. The summed E-state index contributed by atoms with van der Waals surface area (Å²) in [5.74, 6) is -1.13. The molecule has 0 spiro atoms. The van der Waals surface area contributed by atoms with Crippen molar-refractivity contribution in [1.82, 2.24) is 0 Å². The molecule has 7 heteroatoms. The van der Waals surface area contributed by atoms with Crippen molar-refractivity contribution in [3.63, 3.8) is 0 Å². The summed E-state index contributed by atoms with van der Waals surface area (Å²) in [7, 11) is 1.27. The Balaban J connectivity index is 2.75. The molecule has 20 heavy (non-hydrogen) atoms. The number of halogens is 3. The number of rotatable bonds is 3. The molecule has 0 amide bonds. The molecule has 2 rings (SSSR count).